The molecule has 0 spiro atoms. The number of carboxylic acid groups (broad SMARTS) is 1. The van der Waals surface area contributed by atoms with E-state index in [1.165, 1.54) is 4.90 Å². The number of carbonyl (C=O) groups is 1. The second-order valence-electron chi connectivity index (χ2n) is 4.42. The molecule has 1 amide bonds. The Morgan fingerprint density at radius 1 is 1.64 bits per heavy atom. The molecule has 1 aliphatic heterocycles. The predicted molar refractivity (Wildman–Crippen MR) is 55.5 cm³/mol. The first kappa shape index (κ1) is 11.3. The molecule has 1 N–H and O–H groups in total. The van der Waals surface area contributed by atoms with Gasteiger partial charge >= 0.3 is 6.09 Å². The van der Waals surface area contributed by atoms with Gasteiger partial charge < -0.3 is 14.9 Å². The number of hydrogen-bond donors (Lipinski definition) is 1. The highest BCUT2D eigenvalue weighted by Crippen LogP contribution is 2.17. The second-order valence-corrected chi connectivity index (χ2v) is 4.42. The Hall–Kier alpha value is -0.770. The molecule has 14 heavy (non-hydrogen) atoms. The quantitative estimate of drug-likeness (QED) is 0.747. The molecule has 1 fully saturated rings. The van der Waals surface area contributed by atoms with Crippen molar-refractivity contribution in [2.24, 2.45) is 5.92 Å². The third-order valence-electron chi connectivity index (χ3n) is 2.98. The van der Waals surface area contributed by atoms with E-state index in [4.69, 9.17) is 5.11 Å². The zero-order valence-corrected chi connectivity index (χ0v) is 9.23. The molecule has 1 rings (SSSR count). The molecule has 1 aliphatic rings. The first-order valence-corrected chi connectivity index (χ1v) is 5.18. The molecule has 4 nitrogen and oxygen atoms in total. The van der Waals surface area contributed by atoms with Crippen LogP contribution < -0.4 is 0 Å². The third-order valence-corrected chi connectivity index (χ3v) is 2.98. The second kappa shape index (κ2) is 4.64. The van der Waals surface area contributed by atoms with Crippen LogP contribution in [0, 0.1) is 5.92 Å². The van der Waals surface area contributed by atoms with Crippen molar-refractivity contribution in [2.75, 3.05) is 26.7 Å². The number of nitrogens with zero attached hydrogens (tertiary/aromatic N) is 2. The van der Waals surface area contributed by atoms with E-state index in [-0.39, 0.29) is 0 Å². The maximum atomic E-state index is 10.7. The molecule has 1 unspecified atom stereocenters. The Morgan fingerprint density at radius 3 is 2.71 bits per heavy atom. The van der Waals surface area contributed by atoms with Gasteiger partial charge in [0, 0.05) is 25.7 Å². The Kier molecular flexibility index (Phi) is 3.75. The van der Waals surface area contributed by atoms with Crippen molar-refractivity contribution in [3.05, 3.63) is 0 Å². The van der Waals surface area contributed by atoms with Crippen LogP contribution >= 0.6 is 0 Å². The van der Waals surface area contributed by atoms with E-state index in [9.17, 15) is 4.79 Å². The van der Waals surface area contributed by atoms with E-state index in [1.54, 1.807) is 0 Å². The van der Waals surface area contributed by atoms with Crippen molar-refractivity contribution in [1.82, 2.24) is 9.80 Å². The Bertz CT molecular complexity index is 206. The van der Waals surface area contributed by atoms with Crippen LogP contribution in [0.2, 0.25) is 0 Å². The monoisotopic (exact) mass is 200 g/mol. The molecule has 0 aromatic heterocycles. The van der Waals surface area contributed by atoms with E-state index in [1.807, 2.05) is 0 Å². The fourth-order valence-electron chi connectivity index (χ4n) is 1.77. The van der Waals surface area contributed by atoms with Crippen LogP contribution in [0.4, 0.5) is 4.79 Å². The SMILES string of the molecule is CC(C)N(C)CC1CCN(C(=O)O)C1. The van der Waals surface area contributed by atoms with Crippen LogP contribution in [0.15, 0.2) is 0 Å². The molecule has 0 aromatic rings. The molecule has 1 atom stereocenters. The lowest BCUT2D eigenvalue weighted by Gasteiger charge is -2.24. The van der Waals surface area contributed by atoms with Gasteiger partial charge in [0.2, 0.25) is 0 Å². The normalized spacial score (nSPS) is 22.4. The third kappa shape index (κ3) is 2.87. The van der Waals surface area contributed by atoms with Gasteiger partial charge in [-0.05, 0) is 33.2 Å². The van der Waals surface area contributed by atoms with Crippen molar-refractivity contribution >= 4 is 6.09 Å². The van der Waals surface area contributed by atoms with Gasteiger partial charge in [0.05, 0.1) is 0 Å². The van der Waals surface area contributed by atoms with Crippen molar-refractivity contribution in [3.8, 4) is 0 Å². The minimum absolute atomic E-state index is 0.512. The van der Waals surface area contributed by atoms with Crippen LogP contribution in [0.3, 0.4) is 0 Å². The minimum Gasteiger partial charge on any atom is -0.465 e. The smallest absolute Gasteiger partial charge is 0.407 e. The molecule has 1 heterocycles. The van der Waals surface area contributed by atoms with Gasteiger partial charge in [-0.15, -0.1) is 0 Å². The van der Waals surface area contributed by atoms with E-state index in [0.717, 1.165) is 13.0 Å². The summed E-state index contributed by atoms with van der Waals surface area (Å²) in [5.74, 6) is 0.512. The van der Waals surface area contributed by atoms with Gasteiger partial charge in [-0.3, -0.25) is 0 Å². The maximum absolute atomic E-state index is 10.7. The molecule has 4 heteroatoms. The Morgan fingerprint density at radius 2 is 2.29 bits per heavy atom. The first-order chi connectivity index (χ1) is 6.50. The zero-order chi connectivity index (χ0) is 10.7. The van der Waals surface area contributed by atoms with Crippen molar-refractivity contribution < 1.29 is 9.90 Å². The standard InChI is InChI=1S/C10H20N2O2/c1-8(2)11(3)6-9-4-5-12(7-9)10(13)14/h8-9H,4-7H2,1-3H3,(H,13,14). The van der Waals surface area contributed by atoms with E-state index in [2.05, 4.69) is 25.8 Å². The van der Waals surface area contributed by atoms with Crippen LogP contribution in [0.25, 0.3) is 0 Å². The predicted octanol–water partition coefficient (Wildman–Crippen LogP) is 1.33. The molecular formula is C10H20N2O2. The fourth-order valence-corrected chi connectivity index (χ4v) is 1.77. The van der Waals surface area contributed by atoms with Crippen LogP contribution in [-0.2, 0) is 0 Å². The van der Waals surface area contributed by atoms with Gasteiger partial charge in [0.15, 0.2) is 0 Å². The average molecular weight is 200 g/mol. The molecule has 0 saturated carbocycles. The summed E-state index contributed by atoms with van der Waals surface area (Å²) in [6.07, 6.45) is 0.225. The topological polar surface area (TPSA) is 43.8 Å². The average Bonchev–Trinajstić information content (AvgIpc) is 2.52. The van der Waals surface area contributed by atoms with Gasteiger partial charge in [-0.2, -0.15) is 0 Å². The molecule has 0 radical (unpaired) electrons. The molecule has 1 saturated heterocycles. The lowest BCUT2D eigenvalue weighted by molar-refractivity contribution is 0.151. The van der Waals surface area contributed by atoms with Crippen LogP contribution in [0.1, 0.15) is 20.3 Å². The number of hydrogen-bond acceptors (Lipinski definition) is 2. The number of amides is 1. The summed E-state index contributed by atoms with van der Waals surface area (Å²) >= 11 is 0. The Balaban J connectivity index is 2.32. The molecule has 0 bridgehead atoms. The highest BCUT2D eigenvalue weighted by atomic mass is 16.4. The summed E-state index contributed by atoms with van der Waals surface area (Å²) < 4.78 is 0. The highest BCUT2D eigenvalue weighted by Gasteiger charge is 2.26. The van der Waals surface area contributed by atoms with Gasteiger partial charge in [-0.25, -0.2) is 4.79 Å². The first-order valence-electron chi connectivity index (χ1n) is 5.18. The molecular weight excluding hydrogens is 180 g/mol. The van der Waals surface area contributed by atoms with Gasteiger partial charge in [0.1, 0.15) is 0 Å². The molecule has 82 valence electrons. The molecule has 0 aromatic carbocycles. The van der Waals surface area contributed by atoms with Gasteiger partial charge in [-0.1, -0.05) is 0 Å². The van der Waals surface area contributed by atoms with Crippen LogP contribution in [0.5, 0.6) is 0 Å². The fraction of sp³-hybridized carbons (Fsp3) is 0.900. The summed E-state index contributed by atoms with van der Waals surface area (Å²) in [5, 5.41) is 8.79. The Labute approximate surface area is 85.5 Å². The molecule has 0 aliphatic carbocycles. The highest BCUT2D eigenvalue weighted by molar-refractivity contribution is 5.65. The van der Waals surface area contributed by atoms with Crippen molar-refractivity contribution in [1.29, 1.82) is 0 Å². The van der Waals surface area contributed by atoms with E-state index < -0.39 is 6.09 Å². The van der Waals surface area contributed by atoms with Crippen molar-refractivity contribution in [2.45, 2.75) is 26.3 Å². The number of rotatable bonds is 3. The van der Waals surface area contributed by atoms with Crippen LogP contribution in [-0.4, -0.2) is 53.7 Å². The number of likely N-dealkylation sites (tertiary alicyclic amines) is 1. The van der Waals surface area contributed by atoms with Crippen molar-refractivity contribution in [3.63, 3.8) is 0 Å². The van der Waals surface area contributed by atoms with E-state index in [0.29, 0.717) is 25.0 Å². The summed E-state index contributed by atoms with van der Waals surface area (Å²) in [5.41, 5.74) is 0. The minimum atomic E-state index is -0.778. The maximum Gasteiger partial charge on any atom is 0.407 e. The lowest BCUT2D eigenvalue weighted by Crippen LogP contribution is -2.33. The zero-order valence-electron chi connectivity index (χ0n) is 9.23. The summed E-state index contributed by atoms with van der Waals surface area (Å²) in [6, 6.07) is 0.536. The largest absolute Gasteiger partial charge is 0.465 e. The summed E-state index contributed by atoms with van der Waals surface area (Å²) in [7, 11) is 2.09. The summed E-state index contributed by atoms with van der Waals surface area (Å²) in [6.45, 7) is 6.72. The van der Waals surface area contributed by atoms with E-state index >= 15 is 0 Å². The lowest BCUT2D eigenvalue weighted by atomic mass is 10.1. The summed E-state index contributed by atoms with van der Waals surface area (Å²) in [4.78, 5) is 14.5. The van der Waals surface area contributed by atoms with Gasteiger partial charge in [0.25, 0.3) is 0 Å².